The second-order valence-corrected chi connectivity index (χ2v) is 11.4. The second-order valence-electron chi connectivity index (χ2n) is 11.4. The number of methoxy groups -OCH3 is 1. The Morgan fingerprint density at radius 2 is 1.26 bits per heavy atom. The van der Waals surface area contributed by atoms with Gasteiger partial charge in [-0.1, -0.05) is 0 Å². The molecule has 0 radical (unpaired) electrons. The summed E-state index contributed by atoms with van der Waals surface area (Å²) < 4.78 is 17.0. The molecule has 250 valence electrons. The van der Waals surface area contributed by atoms with Crippen molar-refractivity contribution in [1.29, 1.82) is 0 Å². The molecule has 0 spiro atoms. The van der Waals surface area contributed by atoms with Crippen LogP contribution in [0.5, 0.6) is 17.2 Å². The molecule has 46 heavy (non-hydrogen) atoms. The van der Waals surface area contributed by atoms with Crippen LogP contribution in [0.2, 0.25) is 0 Å². The lowest BCUT2D eigenvalue weighted by Crippen LogP contribution is -2.37. The van der Waals surface area contributed by atoms with Gasteiger partial charge in [0, 0.05) is 19.2 Å². The van der Waals surface area contributed by atoms with Crippen molar-refractivity contribution in [2.24, 2.45) is 0 Å². The maximum Gasteiger partial charge on any atom is 0.286 e. The molecular formula is C31H40N4O11. The van der Waals surface area contributed by atoms with Crippen molar-refractivity contribution in [3.8, 4) is 17.2 Å². The molecule has 0 aliphatic carbocycles. The third kappa shape index (κ3) is 7.65. The molecule has 0 bridgehead atoms. The van der Waals surface area contributed by atoms with Crippen LogP contribution in [0, 0.1) is 27.2 Å². The molecule has 2 N–H and O–H groups in total. The van der Waals surface area contributed by atoms with Gasteiger partial charge in [0.2, 0.25) is 0 Å². The molecule has 2 aliphatic heterocycles. The molecule has 0 aromatic heterocycles. The van der Waals surface area contributed by atoms with Crippen molar-refractivity contribution >= 4 is 23.2 Å². The Bertz CT molecular complexity index is 1450. The minimum absolute atomic E-state index is 0.0363. The van der Waals surface area contributed by atoms with Crippen molar-refractivity contribution in [3.05, 3.63) is 61.2 Å². The third-order valence-corrected chi connectivity index (χ3v) is 8.43. The summed E-state index contributed by atoms with van der Waals surface area (Å²) in [4.78, 5) is 51.5. The molecular weight excluding hydrogens is 604 g/mol. The van der Waals surface area contributed by atoms with E-state index in [1.807, 2.05) is 0 Å². The van der Waals surface area contributed by atoms with Crippen LogP contribution >= 0.6 is 0 Å². The maximum absolute atomic E-state index is 13.1. The predicted octanol–water partition coefficient (Wildman–Crippen LogP) is 3.64. The van der Waals surface area contributed by atoms with Gasteiger partial charge in [-0.2, -0.15) is 0 Å². The van der Waals surface area contributed by atoms with Crippen LogP contribution < -0.4 is 14.2 Å². The number of nitro groups is 2. The summed E-state index contributed by atoms with van der Waals surface area (Å²) in [5, 5.41) is 42.8. The van der Waals surface area contributed by atoms with E-state index in [9.17, 15) is 40.0 Å². The van der Waals surface area contributed by atoms with E-state index in [4.69, 9.17) is 14.2 Å². The van der Waals surface area contributed by atoms with E-state index >= 15 is 0 Å². The smallest absolute Gasteiger partial charge is 0.286 e. The number of amides is 2. The van der Waals surface area contributed by atoms with E-state index in [0.717, 1.165) is 6.42 Å². The molecule has 2 aliphatic rings. The minimum Gasteiger partial charge on any atom is -0.493 e. The van der Waals surface area contributed by atoms with Crippen molar-refractivity contribution in [2.75, 3.05) is 46.6 Å². The summed E-state index contributed by atoms with van der Waals surface area (Å²) in [5.74, 6) is -0.433. The highest BCUT2D eigenvalue weighted by Crippen LogP contribution is 2.37. The molecule has 4 rings (SSSR count). The number of nitrogens with zero attached hydrogens (tertiary/aromatic N) is 4. The van der Waals surface area contributed by atoms with Crippen LogP contribution in [0.1, 0.15) is 71.2 Å². The Balaban J connectivity index is 1.32. The fourth-order valence-corrected chi connectivity index (χ4v) is 5.94. The largest absolute Gasteiger partial charge is 0.493 e. The zero-order valence-electron chi connectivity index (χ0n) is 26.0. The minimum atomic E-state index is -0.645. The van der Waals surface area contributed by atoms with Gasteiger partial charge in [0.05, 0.1) is 67.6 Å². The molecule has 0 saturated carbocycles. The number of carbonyl (C=O) groups excluding carboxylic acids is 2. The Morgan fingerprint density at radius 3 is 1.74 bits per heavy atom. The van der Waals surface area contributed by atoms with E-state index in [1.165, 1.54) is 41.2 Å². The fraction of sp³-hybridized carbons (Fsp3) is 0.548. The lowest BCUT2D eigenvalue weighted by Gasteiger charge is -2.23. The van der Waals surface area contributed by atoms with Gasteiger partial charge in [0.15, 0.2) is 11.5 Å². The average molecular weight is 645 g/mol. The van der Waals surface area contributed by atoms with Gasteiger partial charge in [-0.05, 0) is 63.5 Å². The van der Waals surface area contributed by atoms with Crippen LogP contribution in [-0.2, 0) is 0 Å². The van der Waals surface area contributed by atoms with E-state index < -0.39 is 27.3 Å². The predicted molar refractivity (Wildman–Crippen MR) is 165 cm³/mol. The molecule has 2 aromatic rings. The summed E-state index contributed by atoms with van der Waals surface area (Å²) >= 11 is 0. The first kappa shape index (κ1) is 34.4. The molecule has 2 saturated heterocycles. The number of hydrogen-bond donors (Lipinski definition) is 2. The standard InChI is InChI=1S/C31H40N4O11/c1-20-14-23(30(38)32-10-6-8-21(32)18-36)25(34(40)41)16-27(20)45-12-4-3-5-13-46-29-17-26(35(42)43)24(15-28(29)44-2)31(39)33-11-7-9-22(33)19-37/h14-17,21-22,36-37H,3-13,18-19H2,1-2H3/t21-,22-/m0/s1. The first-order chi connectivity index (χ1) is 22.1. The number of aryl methyl sites for hydroxylation is 1. The monoisotopic (exact) mass is 644 g/mol. The van der Waals surface area contributed by atoms with Gasteiger partial charge in [0.25, 0.3) is 23.2 Å². The topological polar surface area (TPSA) is 195 Å². The van der Waals surface area contributed by atoms with E-state index in [0.29, 0.717) is 62.9 Å². The summed E-state index contributed by atoms with van der Waals surface area (Å²) in [6, 6.07) is 4.45. The molecule has 15 nitrogen and oxygen atoms in total. The molecule has 15 heteroatoms. The van der Waals surface area contributed by atoms with E-state index in [1.54, 1.807) is 6.92 Å². The summed E-state index contributed by atoms with van der Waals surface area (Å²) in [7, 11) is 1.37. The molecule has 2 atom stereocenters. The molecule has 2 amide bonds. The average Bonchev–Trinajstić information content (AvgIpc) is 3.73. The van der Waals surface area contributed by atoms with Crippen LogP contribution in [0.15, 0.2) is 24.3 Å². The fourth-order valence-electron chi connectivity index (χ4n) is 5.94. The van der Waals surface area contributed by atoms with E-state index in [-0.39, 0.29) is 66.8 Å². The number of rotatable bonds is 15. The number of carbonyl (C=O) groups is 2. The van der Waals surface area contributed by atoms with Gasteiger partial charge < -0.3 is 34.2 Å². The van der Waals surface area contributed by atoms with Crippen LogP contribution in [0.25, 0.3) is 0 Å². The van der Waals surface area contributed by atoms with Crippen molar-refractivity contribution < 1.29 is 43.9 Å². The van der Waals surface area contributed by atoms with Crippen molar-refractivity contribution in [2.45, 2.75) is 64.0 Å². The highest BCUT2D eigenvalue weighted by Gasteiger charge is 2.35. The highest BCUT2D eigenvalue weighted by molar-refractivity contribution is 6.00. The summed E-state index contributed by atoms with van der Waals surface area (Å²) in [6.07, 6.45) is 4.48. The highest BCUT2D eigenvalue weighted by atomic mass is 16.6. The second kappa shape index (κ2) is 15.7. The number of benzene rings is 2. The third-order valence-electron chi connectivity index (χ3n) is 8.43. The molecule has 0 unspecified atom stereocenters. The first-order valence-corrected chi connectivity index (χ1v) is 15.4. The van der Waals surface area contributed by atoms with Crippen LogP contribution in [0.4, 0.5) is 11.4 Å². The zero-order chi connectivity index (χ0) is 33.4. The Labute approximate surface area is 265 Å². The number of hydrogen-bond acceptors (Lipinski definition) is 11. The molecule has 2 heterocycles. The normalized spacial score (nSPS) is 17.7. The summed E-state index contributed by atoms with van der Waals surface area (Å²) in [5.41, 5.74) is -0.365. The number of aliphatic hydroxyl groups is 2. The SMILES string of the molecule is COc1cc(C(=O)N2CCC[C@H]2CO)c([N+](=O)[O-])cc1OCCCCCOc1cc([N+](=O)[O-])c(C(=O)N2CCC[C@H]2CO)cc1C. The quantitative estimate of drug-likeness (QED) is 0.163. The lowest BCUT2D eigenvalue weighted by atomic mass is 10.1. The summed E-state index contributed by atoms with van der Waals surface area (Å²) in [6.45, 7) is 2.57. The number of likely N-dealkylation sites (tertiary alicyclic amines) is 2. The number of nitro benzene ring substituents is 2. The van der Waals surface area contributed by atoms with Gasteiger partial charge in [-0.25, -0.2) is 0 Å². The van der Waals surface area contributed by atoms with Gasteiger partial charge in [-0.15, -0.1) is 0 Å². The molecule has 2 aromatic carbocycles. The van der Waals surface area contributed by atoms with E-state index in [2.05, 4.69) is 0 Å². The zero-order valence-corrected chi connectivity index (χ0v) is 26.0. The van der Waals surface area contributed by atoms with Crippen LogP contribution in [-0.4, -0.2) is 100 Å². The maximum atomic E-state index is 13.1. The van der Waals surface area contributed by atoms with Gasteiger partial charge in [0.1, 0.15) is 16.9 Å². The van der Waals surface area contributed by atoms with Gasteiger partial charge >= 0.3 is 0 Å². The number of unbranched alkanes of at least 4 members (excludes halogenated alkanes) is 2. The van der Waals surface area contributed by atoms with Crippen LogP contribution in [0.3, 0.4) is 0 Å². The number of ether oxygens (including phenoxy) is 3. The first-order valence-electron chi connectivity index (χ1n) is 15.4. The Morgan fingerprint density at radius 1 is 0.783 bits per heavy atom. The Hall–Kier alpha value is -4.50. The van der Waals surface area contributed by atoms with Crippen molar-refractivity contribution in [1.82, 2.24) is 9.80 Å². The van der Waals surface area contributed by atoms with Crippen molar-refractivity contribution in [3.63, 3.8) is 0 Å². The Kier molecular flexibility index (Phi) is 11.7. The molecule has 2 fully saturated rings. The van der Waals surface area contributed by atoms with Gasteiger partial charge in [-0.3, -0.25) is 29.8 Å². The lowest BCUT2D eigenvalue weighted by molar-refractivity contribution is -0.385. The number of aliphatic hydroxyl groups excluding tert-OH is 2.